The maximum Gasteiger partial charge on any atom is 0.239 e. The van der Waals surface area contributed by atoms with Crippen LogP contribution in [0.4, 0.5) is 5.82 Å². The average Bonchev–Trinajstić information content (AvgIpc) is 2.91. The quantitative estimate of drug-likeness (QED) is 0.915. The highest BCUT2D eigenvalue weighted by molar-refractivity contribution is 6.30. The molecule has 2 aromatic rings. The number of ether oxygens (including phenoxy) is 1. The third-order valence-electron chi connectivity index (χ3n) is 3.64. The molecule has 23 heavy (non-hydrogen) atoms. The molecule has 0 radical (unpaired) electrons. The van der Waals surface area contributed by atoms with E-state index in [1.165, 1.54) is 11.8 Å². The molecule has 1 aliphatic rings. The molecule has 120 valence electrons. The zero-order valence-corrected chi connectivity index (χ0v) is 13.6. The lowest BCUT2D eigenvalue weighted by atomic mass is 10.1. The highest BCUT2D eigenvalue weighted by Crippen LogP contribution is 2.28. The molecule has 0 saturated heterocycles. The number of para-hydroxylation sites is 1. The van der Waals surface area contributed by atoms with Crippen LogP contribution in [0.3, 0.4) is 0 Å². The molecule has 0 bridgehead atoms. The van der Waals surface area contributed by atoms with Gasteiger partial charge >= 0.3 is 0 Å². The highest BCUT2D eigenvalue weighted by atomic mass is 35.5. The smallest absolute Gasteiger partial charge is 0.239 e. The summed E-state index contributed by atoms with van der Waals surface area (Å²) in [4.78, 5) is 18.0. The van der Waals surface area contributed by atoms with Gasteiger partial charge in [0.15, 0.2) is 0 Å². The highest BCUT2D eigenvalue weighted by Gasteiger charge is 2.24. The van der Waals surface area contributed by atoms with Crippen LogP contribution >= 0.6 is 11.6 Å². The van der Waals surface area contributed by atoms with Crippen molar-refractivity contribution in [1.29, 1.82) is 0 Å². The summed E-state index contributed by atoms with van der Waals surface area (Å²) in [7, 11) is 1.90. The number of hydrogen-bond acceptors (Lipinski definition) is 4. The van der Waals surface area contributed by atoms with Crippen LogP contribution in [0, 0.1) is 0 Å². The topological polar surface area (TPSA) is 54.5 Å². The Morgan fingerprint density at radius 2 is 2.22 bits per heavy atom. The lowest BCUT2D eigenvalue weighted by Gasteiger charge is -2.20. The second-order valence-corrected chi connectivity index (χ2v) is 6.09. The molecule has 6 heteroatoms. The molecule has 1 amide bonds. The van der Waals surface area contributed by atoms with Gasteiger partial charge in [-0.1, -0.05) is 29.8 Å². The zero-order valence-electron chi connectivity index (χ0n) is 12.8. The number of carbonyl (C=O) groups excluding carboxylic acids is 1. The van der Waals surface area contributed by atoms with Gasteiger partial charge in [0.2, 0.25) is 5.91 Å². The summed E-state index contributed by atoms with van der Waals surface area (Å²) in [5.41, 5.74) is 1.22. The van der Waals surface area contributed by atoms with E-state index < -0.39 is 0 Å². The maximum absolute atomic E-state index is 12.0. The fourth-order valence-corrected chi connectivity index (χ4v) is 2.76. The molecule has 5 nitrogen and oxygen atoms in total. The average molecular weight is 332 g/mol. The fraction of sp³-hybridized carbons (Fsp3) is 0.294. The largest absolute Gasteiger partial charge is 0.488 e. The van der Waals surface area contributed by atoms with Crippen LogP contribution in [0.25, 0.3) is 0 Å². The number of halogens is 1. The van der Waals surface area contributed by atoms with Gasteiger partial charge in [-0.2, -0.15) is 0 Å². The predicted octanol–water partition coefficient (Wildman–Crippen LogP) is 2.61. The first-order chi connectivity index (χ1) is 11.1. The van der Waals surface area contributed by atoms with Gasteiger partial charge in [0, 0.05) is 19.2 Å². The first-order valence-corrected chi connectivity index (χ1v) is 7.82. The van der Waals surface area contributed by atoms with Crippen LogP contribution in [0.2, 0.25) is 5.02 Å². The number of pyridine rings is 1. The summed E-state index contributed by atoms with van der Waals surface area (Å²) in [5.74, 6) is 1.33. The van der Waals surface area contributed by atoms with E-state index in [1.807, 2.05) is 30.1 Å². The van der Waals surface area contributed by atoms with Gasteiger partial charge in [-0.3, -0.25) is 9.69 Å². The van der Waals surface area contributed by atoms with Gasteiger partial charge < -0.3 is 10.1 Å². The lowest BCUT2D eigenvalue weighted by Crippen LogP contribution is -2.37. The Balaban J connectivity index is 1.47. The minimum absolute atomic E-state index is 0.0823. The Morgan fingerprint density at radius 1 is 1.39 bits per heavy atom. The maximum atomic E-state index is 12.0. The molecule has 0 aliphatic carbocycles. The van der Waals surface area contributed by atoms with Crippen molar-refractivity contribution < 1.29 is 9.53 Å². The van der Waals surface area contributed by atoms with Crippen molar-refractivity contribution in [2.24, 2.45) is 0 Å². The summed E-state index contributed by atoms with van der Waals surface area (Å²) in [5, 5.41) is 3.29. The third kappa shape index (κ3) is 4.21. The van der Waals surface area contributed by atoms with Crippen molar-refractivity contribution >= 4 is 23.3 Å². The number of benzene rings is 1. The summed E-state index contributed by atoms with van der Waals surface area (Å²) in [6.07, 6.45) is 2.46. The van der Waals surface area contributed by atoms with E-state index in [9.17, 15) is 4.79 Å². The molecular weight excluding hydrogens is 314 g/mol. The van der Waals surface area contributed by atoms with Crippen molar-refractivity contribution in [2.75, 3.05) is 25.5 Å². The third-order valence-corrected chi connectivity index (χ3v) is 3.86. The minimum atomic E-state index is -0.113. The van der Waals surface area contributed by atoms with Crippen molar-refractivity contribution in [2.45, 2.75) is 12.5 Å². The Hall–Kier alpha value is -2.11. The van der Waals surface area contributed by atoms with Crippen molar-refractivity contribution in [3.8, 4) is 5.75 Å². The number of amides is 1. The summed E-state index contributed by atoms with van der Waals surface area (Å²) >= 11 is 5.77. The van der Waals surface area contributed by atoms with E-state index in [-0.39, 0.29) is 18.6 Å². The van der Waals surface area contributed by atoms with Gasteiger partial charge in [0.25, 0.3) is 0 Å². The molecule has 0 saturated carbocycles. The van der Waals surface area contributed by atoms with E-state index in [4.69, 9.17) is 16.3 Å². The molecule has 1 aromatic heterocycles. The van der Waals surface area contributed by atoms with Crippen molar-refractivity contribution in [3.63, 3.8) is 0 Å². The number of nitrogens with zero attached hydrogens (tertiary/aromatic N) is 2. The molecule has 0 spiro atoms. The second-order valence-electron chi connectivity index (χ2n) is 5.66. The van der Waals surface area contributed by atoms with Gasteiger partial charge in [0.1, 0.15) is 17.7 Å². The van der Waals surface area contributed by atoms with Gasteiger partial charge in [-0.15, -0.1) is 0 Å². The monoisotopic (exact) mass is 331 g/mol. The number of aromatic nitrogens is 1. The van der Waals surface area contributed by atoms with E-state index >= 15 is 0 Å². The molecule has 1 aromatic carbocycles. The van der Waals surface area contributed by atoms with Crippen LogP contribution in [0.5, 0.6) is 5.75 Å². The number of hydrogen-bond donors (Lipinski definition) is 1. The minimum Gasteiger partial charge on any atom is -0.488 e. The van der Waals surface area contributed by atoms with Crippen molar-refractivity contribution in [1.82, 2.24) is 9.88 Å². The van der Waals surface area contributed by atoms with Gasteiger partial charge in [-0.25, -0.2) is 4.98 Å². The SMILES string of the molecule is CN(CC(=O)Nc1ccc(Cl)cn1)C[C@H]1Cc2ccccc2O1. The molecule has 1 aliphatic heterocycles. The predicted molar refractivity (Wildman–Crippen MR) is 89.9 cm³/mol. The van der Waals surface area contributed by atoms with Crippen LogP contribution in [-0.4, -0.2) is 42.0 Å². The van der Waals surface area contributed by atoms with Crippen LogP contribution in [-0.2, 0) is 11.2 Å². The van der Waals surface area contributed by atoms with E-state index in [1.54, 1.807) is 12.1 Å². The van der Waals surface area contributed by atoms with Crippen LogP contribution in [0.1, 0.15) is 5.56 Å². The number of carbonyl (C=O) groups is 1. The number of likely N-dealkylation sites (N-methyl/N-ethyl adjacent to an activating group) is 1. The standard InChI is InChI=1S/C17H18ClN3O2/c1-21(10-14-8-12-4-2-3-5-15(12)23-14)11-17(22)20-16-7-6-13(18)9-19-16/h2-7,9,14H,8,10-11H2,1H3,(H,19,20,22)/t14-/m1/s1. The Kier molecular flexibility index (Phi) is 4.79. The number of nitrogens with one attached hydrogen (secondary N) is 1. The number of rotatable bonds is 5. The van der Waals surface area contributed by atoms with E-state index in [0.717, 1.165) is 12.2 Å². The number of anilines is 1. The molecule has 2 heterocycles. The Bertz CT molecular complexity index is 665. The first kappa shape index (κ1) is 15.8. The number of fused-ring (bicyclic) bond motifs is 1. The van der Waals surface area contributed by atoms with Crippen LogP contribution < -0.4 is 10.1 Å². The molecular formula is C17H18ClN3O2. The summed E-state index contributed by atoms with van der Waals surface area (Å²) < 4.78 is 5.89. The summed E-state index contributed by atoms with van der Waals surface area (Å²) in [6.45, 7) is 0.969. The van der Waals surface area contributed by atoms with Crippen molar-refractivity contribution in [3.05, 3.63) is 53.2 Å². The molecule has 0 fully saturated rings. The fourth-order valence-electron chi connectivity index (χ4n) is 2.65. The molecule has 3 rings (SSSR count). The Labute approximate surface area is 140 Å². The van der Waals surface area contributed by atoms with Gasteiger partial charge in [-0.05, 0) is 30.8 Å². The van der Waals surface area contributed by atoms with E-state index in [2.05, 4.69) is 16.4 Å². The zero-order chi connectivity index (χ0) is 16.2. The normalized spacial score (nSPS) is 16.0. The van der Waals surface area contributed by atoms with E-state index in [0.29, 0.717) is 17.4 Å². The Morgan fingerprint density at radius 3 is 2.96 bits per heavy atom. The summed E-state index contributed by atoms with van der Waals surface area (Å²) in [6, 6.07) is 11.4. The first-order valence-electron chi connectivity index (χ1n) is 7.44. The second kappa shape index (κ2) is 6.98. The molecule has 1 atom stereocenters. The lowest BCUT2D eigenvalue weighted by molar-refractivity contribution is -0.117. The van der Waals surface area contributed by atoms with Gasteiger partial charge in [0.05, 0.1) is 11.6 Å². The van der Waals surface area contributed by atoms with Crippen LogP contribution in [0.15, 0.2) is 42.6 Å². The molecule has 1 N–H and O–H groups in total. The molecule has 0 unspecified atom stereocenters.